The number of hydrogen-bond acceptors (Lipinski definition) is 16. The molecular formula is C53H57N7O13. The van der Waals surface area contributed by atoms with Gasteiger partial charge in [0.15, 0.2) is 23.0 Å². The number of aromatic nitrogens is 1. The quantitative estimate of drug-likeness (QED) is 0.0313. The van der Waals surface area contributed by atoms with E-state index in [4.69, 9.17) is 20.2 Å². The monoisotopic (exact) mass is 999 g/mol. The number of aliphatic hydroxyl groups is 1. The van der Waals surface area contributed by atoms with Crippen LogP contribution < -0.4 is 21.7 Å². The number of ether oxygens (including phenoxy) is 2. The van der Waals surface area contributed by atoms with Crippen molar-refractivity contribution >= 4 is 75.4 Å². The Hall–Kier alpha value is -7.55. The molecule has 0 spiro atoms. The topological polar surface area (TPSA) is 291 Å². The van der Waals surface area contributed by atoms with Crippen LogP contribution in [0.1, 0.15) is 96.9 Å². The number of imide groups is 1. The standard InChI is InChI=1S/C53H57N7O13/c1-4-53(71)37-21-40-49-36(25-59(40)24-35(37)51(69)73-52(53)70)47-31(10-12-34-29(3)28(2)18-39(58-49)48(34)47)20-33(62)26-72-27-56-43(64)15-13-42(63)38(19-30-8-6-5-7-9-30)57-44(65)14-11-32(61)23-55-50(68)41(22-54)60-45(66)16-17-46(60)67/h5-9,16-18,21,31,38,41,71H,4,10-15,19-20,22-27,54H2,1-3H3,(H,55,68)(H,56,64)(H,57,65)/t31-,38-,41+,53-/m0/s1. The fraction of sp³-hybridized carbons (Fsp3) is 0.415. The molecule has 3 aromatic rings. The molecule has 20 heteroatoms. The summed E-state index contributed by atoms with van der Waals surface area (Å²) in [6.45, 7) is 4.81. The lowest BCUT2D eigenvalue weighted by Crippen LogP contribution is -2.54. The molecule has 5 aliphatic rings. The molecule has 4 atom stereocenters. The van der Waals surface area contributed by atoms with Gasteiger partial charge in [-0.3, -0.25) is 43.3 Å². The minimum absolute atomic E-state index is 0.00905. The van der Waals surface area contributed by atoms with Gasteiger partial charge in [-0.15, -0.1) is 0 Å². The van der Waals surface area contributed by atoms with Gasteiger partial charge in [0, 0.05) is 73.9 Å². The number of cyclic esters (lactones) is 2. The predicted octanol–water partition coefficient (Wildman–Crippen LogP) is 1.42. The number of nitrogens with zero attached hydrogens (tertiary/aromatic N) is 3. The number of benzene rings is 2. The van der Waals surface area contributed by atoms with Crippen LogP contribution in [-0.4, -0.2) is 129 Å². The van der Waals surface area contributed by atoms with Crippen LogP contribution in [0.15, 0.2) is 65.8 Å². The van der Waals surface area contributed by atoms with E-state index >= 15 is 0 Å². The third-order valence-electron chi connectivity index (χ3n) is 14.3. The first kappa shape index (κ1) is 51.8. The number of hydrogen-bond donors (Lipinski definition) is 5. The second kappa shape index (κ2) is 21.7. The van der Waals surface area contributed by atoms with Gasteiger partial charge in [-0.05, 0) is 85.4 Å². The largest absolute Gasteiger partial charge is 0.387 e. The predicted molar refractivity (Wildman–Crippen MR) is 260 cm³/mol. The van der Waals surface area contributed by atoms with Gasteiger partial charge in [-0.25, -0.2) is 14.6 Å². The number of carbonyl (C=O) groups excluding carboxylic acids is 10. The van der Waals surface area contributed by atoms with Crippen molar-refractivity contribution in [2.45, 2.75) is 109 Å². The molecule has 0 saturated heterocycles. The first-order valence-electron chi connectivity index (χ1n) is 24.3. The summed E-state index contributed by atoms with van der Waals surface area (Å²) in [7, 11) is 0. The molecule has 382 valence electrons. The van der Waals surface area contributed by atoms with Crippen LogP contribution in [0.5, 0.6) is 0 Å². The van der Waals surface area contributed by atoms with Crippen LogP contribution in [-0.2, 0) is 76.8 Å². The summed E-state index contributed by atoms with van der Waals surface area (Å²) >= 11 is 0. The SMILES string of the molecule is CC[C@@]1(O)C(=O)OC(=O)C2=C1C=C1c3nc4cc(C)c(C)c5c4c(c3CN1C2)[C@H](CC(=O)COCNC(=O)CCC(=O)[C@H](Cc1ccccc1)NC(=O)CCC(=O)CNC(=O)[C@@H](CN)N1C(=O)C=CC1=O)CC5. The number of amides is 5. The second-order valence-electron chi connectivity index (χ2n) is 18.9. The van der Waals surface area contributed by atoms with Crippen molar-refractivity contribution in [3.63, 3.8) is 0 Å². The van der Waals surface area contributed by atoms with Crippen molar-refractivity contribution in [1.82, 2.24) is 30.7 Å². The Labute approximate surface area is 419 Å². The first-order chi connectivity index (χ1) is 34.9. The highest BCUT2D eigenvalue weighted by atomic mass is 16.6. The Morgan fingerprint density at radius 1 is 0.932 bits per heavy atom. The maximum Gasteiger partial charge on any atom is 0.350 e. The lowest BCUT2D eigenvalue weighted by molar-refractivity contribution is -0.172. The van der Waals surface area contributed by atoms with E-state index in [0.29, 0.717) is 29.3 Å². The number of aryl methyl sites for hydroxylation is 2. The normalized spacial score (nSPS) is 19.5. The molecule has 5 heterocycles. The highest BCUT2D eigenvalue weighted by molar-refractivity contribution is 6.15. The van der Waals surface area contributed by atoms with E-state index in [2.05, 4.69) is 22.9 Å². The van der Waals surface area contributed by atoms with Crippen LogP contribution in [0.4, 0.5) is 0 Å². The minimum atomic E-state index is -1.98. The summed E-state index contributed by atoms with van der Waals surface area (Å²) in [6, 6.07) is 8.58. The second-order valence-corrected chi connectivity index (χ2v) is 18.9. The lowest BCUT2D eigenvalue weighted by Gasteiger charge is -2.36. The van der Waals surface area contributed by atoms with Gasteiger partial charge in [0.05, 0.1) is 41.6 Å². The van der Waals surface area contributed by atoms with Crippen molar-refractivity contribution < 1.29 is 62.5 Å². The fourth-order valence-corrected chi connectivity index (χ4v) is 10.3. The van der Waals surface area contributed by atoms with Crippen LogP contribution in [0.2, 0.25) is 0 Å². The maximum atomic E-state index is 13.6. The molecule has 4 aliphatic heterocycles. The molecule has 1 aliphatic carbocycles. The molecular weight excluding hydrogens is 943 g/mol. The molecule has 6 N–H and O–H groups in total. The molecule has 73 heavy (non-hydrogen) atoms. The van der Waals surface area contributed by atoms with Gasteiger partial charge in [0.25, 0.3) is 11.8 Å². The van der Waals surface area contributed by atoms with E-state index in [0.717, 1.165) is 57.3 Å². The smallest absolute Gasteiger partial charge is 0.350 e. The number of pyridine rings is 1. The average molecular weight is 1000 g/mol. The van der Waals surface area contributed by atoms with E-state index < -0.39 is 77.3 Å². The number of carbonyl (C=O) groups is 10. The number of esters is 2. The Kier molecular flexibility index (Phi) is 15.4. The molecule has 0 fully saturated rings. The summed E-state index contributed by atoms with van der Waals surface area (Å²) in [6.07, 6.45) is 4.27. The molecule has 0 radical (unpaired) electrons. The zero-order valence-electron chi connectivity index (χ0n) is 40.8. The van der Waals surface area contributed by atoms with Crippen molar-refractivity contribution in [3.05, 3.63) is 105 Å². The minimum Gasteiger partial charge on any atom is -0.387 e. The summed E-state index contributed by atoms with van der Waals surface area (Å²) in [4.78, 5) is 136. The molecule has 5 amide bonds. The van der Waals surface area contributed by atoms with Gasteiger partial charge in [-0.2, -0.15) is 0 Å². The first-order valence-corrected chi connectivity index (χ1v) is 24.3. The fourth-order valence-electron chi connectivity index (χ4n) is 10.3. The average Bonchev–Trinajstić information content (AvgIpc) is 3.91. The number of ketones is 3. The molecule has 0 unspecified atom stereocenters. The van der Waals surface area contributed by atoms with Gasteiger partial charge >= 0.3 is 11.9 Å². The van der Waals surface area contributed by atoms with Crippen LogP contribution in [0.25, 0.3) is 16.6 Å². The van der Waals surface area contributed by atoms with Crippen molar-refractivity contribution in [1.29, 1.82) is 0 Å². The third-order valence-corrected chi connectivity index (χ3v) is 14.3. The van der Waals surface area contributed by atoms with Gasteiger partial charge in [0.2, 0.25) is 17.7 Å². The van der Waals surface area contributed by atoms with Crippen LogP contribution in [0, 0.1) is 13.8 Å². The molecule has 20 nitrogen and oxygen atoms in total. The molecule has 8 rings (SSSR count). The summed E-state index contributed by atoms with van der Waals surface area (Å²) < 4.78 is 10.6. The van der Waals surface area contributed by atoms with Crippen LogP contribution >= 0.6 is 0 Å². The van der Waals surface area contributed by atoms with Crippen molar-refractivity contribution in [2.75, 3.05) is 33.0 Å². The highest BCUT2D eigenvalue weighted by Crippen LogP contribution is 2.49. The van der Waals surface area contributed by atoms with Crippen molar-refractivity contribution in [2.24, 2.45) is 5.73 Å². The number of nitrogens with two attached hydrogens (primary N) is 1. The molecule has 0 saturated carbocycles. The van der Waals surface area contributed by atoms with E-state index in [1.54, 1.807) is 43.3 Å². The summed E-state index contributed by atoms with van der Waals surface area (Å²) in [5, 5.41) is 20.0. The summed E-state index contributed by atoms with van der Waals surface area (Å²) in [5.74, 6) is -6.52. The molecule has 1 aromatic heterocycles. The van der Waals surface area contributed by atoms with E-state index in [1.807, 2.05) is 17.9 Å². The Bertz CT molecular complexity index is 2940. The summed E-state index contributed by atoms with van der Waals surface area (Å²) in [5.41, 5.74) is 12.2. The Morgan fingerprint density at radius 2 is 1.66 bits per heavy atom. The number of nitrogens with one attached hydrogen (secondary N) is 3. The number of fused-ring (bicyclic) bond motifs is 4. The molecule has 0 bridgehead atoms. The van der Waals surface area contributed by atoms with E-state index in [-0.39, 0.29) is 94.2 Å². The lowest BCUT2D eigenvalue weighted by atomic mass is 9.76. The number of rotatable bonds is 22. The van der Waals surface area contributed by atoms with Crippen LogP contribution in [0.3, 0.4) is 0 Å². The van der Waals surface area contributed by atoms with Gasteiger partial charge in [-0.1, -0.05) is 37.3 Å². The number of Topliss-reactive ketones (excluding diaryl/α,β-unsaturated/α-hetero) is 3. The van der Waals surface area contributed by atoms with E-state index in [9.17, 15) is 53.1 Å². The molecule has 2 aromatic carbocycles. The van der Waals surface area contributed by atoms with E-state index in [1.165, 1.54) is 5.56 Å². The zero-order chi connectivity index (χ0) is 52.3. The maximum absolute atomic E-state index is 13.6. The Balaban J connectivity index is 0.837. The van der Waals surface area contributed by atoms with Crippen molar-refractivity contribution in [3.8, 4) is 0 Å². The van der Waals surface area contributed by atoms with Gasteiger partial charge in [0.1, 0.15) is 19.4 Å². The Morgan fingerprint density at radius 3 is 2.37 bits per heavy atom. The zero-order valence-corrected chi connectivity index (χ0v) is 40.8. The highest BCUT2D eigenvalue weighted by Gasteiger charge is 2.50. The van der Waals surface area contributed by atoms with Gasteiger partial charge < -0.3 is 41.2 Å². The third kappa shape index (κ3) is 10.7.